The molecule has 0 N–H and O–H groups in total. The quantitative estimate of drug-likeness (QED) is 0.274. The van der Waals surface area contributed by atoms with E-state index >= 15 is 0 Å². The molecular weight excluding hydrogens is 420 g/mol. The molecule has 0 unspecified atom stereocenters. The number of pyridine rings is 2. The van der Waals surface area contributed by atoms with Crippen LogP contribution in [0.2, 0.25) is 0 Å². The highest BCUT2D eigenvalue weighted by Crippen LogP contribution is 2.38. The summed E-state index contributed by atoms with van der Waals surface area (Å²) in [6.45, 7) is 11.4. The van der Waals surface area contributed by atoms with Crippen LogP contribution in [0.4, 0.5) is 0 Å². The molecule has 5 aromatic rings. The Kier molecular flexibility index (Phi) is 5.54. The van der Waals surface area contributed by atoms with Gasteiger partial charge in [0.1, 0.15) is 4.83 Å². The number of thiophene rings is 1. The molecular formula is C30H30N2S. The Balaban J connectivity index is 1.68. The van der Waals surface area contributed by atoms with Gasteiger partial charge in [-0.3, -0.25) is 4.98 Å². The molecule has 0 fully saturated rings. The third kappa shape index (κ3) is 4.18. The zero-order valence-corrected chi connectivity index (χ0v) is 20.8. The third-order valence-electron chi connectivity index (χ3n) is 6.21. The highest BCUT2D eigenvalue weighted by molar-refractivity contribution is 7.17. The Morgan fingerprint density at radius 2 is 1.67 bits per heavy atom. The fraction of sp³-hybridized carbons (Fsp3) is 0.267. The molecule has 2 aromatic carbocycles. The first-order chi connectivity index (χ1) is 15.8. The zero-order chi connectivity index (χ0) is 23.2. The van der Waals surface area contributed by atoms with Crippen molar-refractivity contribution >= 4 is 32.3 Å². The Labute approximate surface area is 200 Å². The Bertz CT molecular complexity index is 1450. The van der Waals surface area contributed by atoms with Gasteiger partial charge in [-0.15, -0.1) is 11.3 Å². The lowest BCUT2D eigenvalue weighted by molar-refractivity contribution is 0.596. The smallest absolute Gasteiger partial charge is 0.124 e. The lowest BCUT2D eigenvalue weighted by Gasteiger charge is -2.22. The first kappa shape index (κ1) is 21.8. The van der Waals surface area contributed by atoms with Crippen LogP contribution in [0.3, 0.4) is 0 Å². The highest BCUT2D eigenvalue weighted by Gasteiger charge is 2.19. The number of aromatic nitrogens is 2. The molecule has 0 amide bonds. The summed E-state index contributed by atoms with van der Waals surface area (Å²) in [5.41, 5.74) is 7.41. The van der Waals surface area contributed by atoms with E-state index in [4.69, 9.17) is 4.98 Å². The van der Waals surface area contributed by atoms with Gasteiger partial charge in [-0.1, -0.05) is 58.9 Å². The van der Waals surface area contributed by atoms with Gasteiger partial charge in [-0.2, -0.15) is 0 Å². The summed E-state index contributed by atoms with van der Waals surface area (Å²) in [5.74, 6) is 0.609. The minimum absolute atomic E-state index is 0.0485. The fourth-order valence-corrected chi connectivity index (χ4v) is 5.64. The number of hydrogen-bond donors (Lipinski definition) is 0. The molecule has 0 aliphatic rings. The number of nitrogens with zero attached hydrogens (tertiary/aromatic N) is 2. The van der Waals surface area contributed by atoms with E-state index in [1.165, 1.54) is 44.0 Å². The van der Waals surface area contributed by atoms with Gasteiger partial charge in [0, 0.05) is 23.3 Å². The minimum Gasteiger partial charge on any atom is -0.256 e. The maximum atomic E-state index is 4.79. The van der Waals surface area contributed by atoms with Crippen LogP contribution in [0.15, 0.2) is 72.4 Å². The van der Waals surface area contributed by atoms with Gasteiger partial charge < -0.3 is 0 Å². The maximum absolute atomic E-state index is 4.79. The van der Waals surface area contributed by atoms with Gasteiger partial charge in [0.05, 0.1) is 5.69 Å². The van der Waals surface area contributed by atoms with Gasteiger partial charge in [-0.05, 0) is 86.5 Å². The maximum Gasteiger partial charge on any atom is 0.124 e. The molecule has 0 saturated carbocycles. The normalized spacial score (nSPS) is 12.2. The van der Waals surface area contributed by atoms with Gasteiger partial charge in [-0.25, -0.2) is 4.98 Å². The largest absolute Gasteiger partial charge is 0.256 e. The summed E-state index contributed by atoms with van der Waals surface area (Å²) < 4.78 is 0. The van der Waals surface area contributed by atoms with E-state index in [9.17, 15) is 0 Å². The first-order valence-electron chi connectivity index (χ1n) is 11.7. The lowest BCUT2D eigenvalue weighted by atomic mass is 9.82. The second-order valence-electron chi connectivity index (χ2n) is 10.3. The third-order valence-corrected chi connectivity index (χ3v) is 7.15. The van der Waals surface area contributed by atoms with Gasteiger partial charge in [0.25, 0.3) is 0 Å². The fourth-order valence-electron chi connectivity index (χ4n) is 4.69. The van der Waals surface area contributed by atoms with Crippen molar-refractivity contribution in [3.05, 3.63) is 83.5 Å². The van der Waals surface area contributed by atoms with E-state index in [0.717, 1.165) is 16.9 Å². The molecule has 0 radical (unpaired) electrons. The van der Waals surface area contributed by atoms with Crippen LogP contribution < -0.4 is 0 Å². The standard InChI is InChI=1S/C30H30N2S/c1-19(2)14-23-18-33-29-28(23)25(11-13-32-29)21-10-12-31-27(17-21)22-15-20-8-6-7-9-24(20)26(16-22)30(3,4)5/h6-13,15-19H,14H2,1-5H3. The molecule has 5 rings (SSSR count). The van der Waals surface area contributed by atoms with Crippen molar-refractivity contribution in [3.8, 4) is 22.4 Å². The molecule has 0 aliphatic carbocycles. The van der Waals surface area contributed by atoms with Crippen LogP contribution in [0, 0.1) is 5.92 Å². The van der Waals surface area contributed by atoms with E-state index in [-0.39, 0.29) is 5.41 Å². The lowest BCUT2D eigenvalue weighted by Crippen LogP contribution is -2.12. The zero-order valence-electron chi connectivity index (χ0n) is 20.0. The summed E-state index contributed by atoms with van der Waals surface area (Å²) in [7, 11) is 0. The Hall–Kier alpha value is -3.04. The van der Waals surface area contributed by atoms with E-state index in [0.29, 0.717) is 5.92 Å². The second-order valence-corrected chi connectivity index (χ2v) is 11.2. The number of rotatable bonds is 4. The second kappa shape index (κ2) is 8.39. The predicted molar refractivity (Wildman–Crippen MR) is 143 cm³/mol. The van der Waals surface area contributed by atoms with E-state index in [2.05, 4.69) is 99.6 Å². The molecule has 0 spiro atoms. The highest BCUT2D eigenvalue weighted by atomic mass is 32.1. The topological polar surface area (TPSA) is 25.8 Å². The Morgan fingerprint density at radius 3 is 2.45 bits per heavy atom. The molecule has 166 valence electrons. The van der Waals surface area contributed by atoms with Crippen molar-refractivity contribution in [1.29, 1.82) is 0 Å². The molecule has 0 saturated heterocycles. The molecule has 3 heteroatoms. The van der Waals surface area contributed by atoms with Crippen LogP contribution in [-0.4, -0.2) is 9.97 Å². The van der Waals surface area contributed by atoms with Crippen molar-refractivity contribution in [2.75, 3.05) is 0 Å². The summed E-state index contributed by atoms with van der Waals surface area (Å²) in [6.07, 6.45) is 4.94. The molecule has 0 aliphatic heterocycles. The average Bonchev–Trinajstić information content (AvgIpc) is 3.20. The molecule has 0 atom stereocenters. The summed E-state index contributed by atoms with van der Waals surface area (Å²) in [5, 5.41) is 6.15. The van der Waals surface area contributed by atoms with E-state index < -0.39 is 0 Å². The molecule has 2 nitrogen and oxygen atoms in total. The van der Waals surface area contributed by atoms with Crippen molar-refractivity contribution in [2.45, 2.75) is 46.5 Å². The molecule has 3 heterocycles. The molecule has 33 heavy (non-hydrogen) atoms. The van der Waals surface area contributed by atoms with Crippen LogP contribution in [0.5, 0.6) is 0 Å². The Morgan fingerprint density at radius 1 is 0.879 bits per heavy atom. The molecule has 3 aromatic heterocycles. The van der Waals surface area contributed by atoms with Gasteiger partial charge in [0.15, 0.2) is 0 Å². The SMILES string of the molecule is CC(C)Cc1csc2nccc(-c3ccnc(-c4cc(C(C)(C)C)c5ccccc5c4)c3)c12. The van der Waals surface area contributed by atoms with Crippen molar-refractivity contribution in [2.24, 2.45) is 5.92 Å². The van der Waals surface area contributed by atoms with Crippen LogP contribution >= 0.6 is 11.3 Å². The predicted octanol–water partition coefficient (Wildman–Crippen LogP) is 8.67. The number of hydrogen-bond acceptors (Lipinski definition) is 3. The average molecular weight is 451 g/mol. The number of benzene rings is 2. The molecule has 0 bridgehead atoms. The van der Waals surface area contributed by atoms with Crippen molar-refractivity contribution in [1.82, 2.24) is 9.97 Å². The monoisotopic (exact) mass is 450 g/mol. The van der Waals surface area contributed by atoms with Crippen LogP contribution in [0.25, 0.3) is 43.4 Å². The van der Waals surface area contributed by atoms with Crippen molar-refractivity contribution < 1.29 is 0 Å². The first-order valence-corrected chi connectivity index (χ1v) is 12.5. The van der Waals surface area contributed by atoms with E-state index in [1.54, 1.807) is 11.3 Å². The summed E-state index contributed by atoms with van der Waals surface area (Å²) >= 11 is 1.74. The van der Waals surface area contributed by atoms with Crippen molar-refractivity contribution in [3.63, 3.8) is 0 Å². The minimum atomic E-state index is 0.0485. The van der Waals surface area contributed by atoms with E-state index in [1.807, 2.05) is 12.4 Å². The summed E-state index contributed by atoms with van der Waals surface area (Å²) in [4.78, 5) is 10.6. The van der Waals surface area contributed by atoms with Gasteiger partial charge in [0.2, 0.25) is 0 Å². The summed E-state index contributed by atoms with van der Waals surface area (Å²) in [6, 6.07) is 19.8. The van der Waals surface area contributed by atoms with Gasteiger partial charge >= 0.3 is 0 Å². The number of fused-ring (bicyclic) bond motifs is 2. The van der Waals surface area contributed by atoms with Crippen LogP contribution in [0.1, 0.15) is 45.7 Å². The van der Waals surface area contributed by atoms with Crippen LogP contribution in [-0.2, 0) is 11.8 Å².